The predicted molar refractivity (Wildman–Crippen MR) is 98.4 cm³/mol. The number of rotatable bonds is 8. The summed E-state index contributed by atoms with van der Waals surface area (Å²) in [7, 11) is 0. The Labute approximate surface area is 157 Å². The maximum atomic E-state index is 12.5. The van der Waals surface area contributed by atoms with Crippen LogP contribution >= 0.6 is 0 Å². The van der Waals surface area contributed by atoms with Gasteiger partial charge in [-0.25, -0.2) is 9.78 Å². The van der Waals surface area contributed by atoms with E-state index < -0.39 is 18.0 Å². The first-order valence-electron chi connectivity index (χ1n) is 8.60. The van der Waals surface area contributed by atoms with E-state index in [0.717, 1.165) is 11.1 Å². The Morgan fingerprint density at radius 2 is 1.48 bits per heavy atom. The topological polar surface area (TPSA) is 70.4 Å². The first-order valence-corrected chi connectivity index (χ1v) is 8.60. The van der Waals surface area contributed by atoms with Crippen molar-refractivity contribution in [1.82, 2.24) is 9.55 Å². The predicted octanol–water partition coefficient (Wildman–Crippen LogP) is 3.30. The molecular weight excluding hydrogens is 344 g/mol. The van der Waals surface area contributed by atoms with Gasteiger partial charge in [0, 0.05) is 12.4 Å². The van der Waals surface area contributed by atoms with Crippen LogP contribution in [0.25, 0.3) is 0 Å². The third kappa shape index (κ3) is 5.54. The molecule has 0 N–H and O–H groups in total. The zero-order chi connectivity index (χ0) is 18.9. The van der Waals surface area contributed by atoms with Crippen molar-refractivity contribution in [2.24, 2.45) is 0 Å². The molecule has 0 aliphatic rings. The molecule has 27 heavy (non-hydrogen) atoms. The standard InChI is InChI=1S/C21H20N2O4/c24-20(26-14-17-7-3-1-4-8-17)13-19(23-12-11-22-16-23)21(25)27-15-18-9-5-2-6-10-18/h1-12,16,19H,13-15H2. The van der Waals surface area contributed by atoms with E-state index >= 15 is 0 Å². The number of esters is 2. The summed E-state index contributed by atoms with van der Waals surface area (Å²) < 4.78 is 12.2. The molecule has 1 heterocycles. The lowest BCUT2D eigenvalue weighted by atomic mass is 10.2. The van der Waals surface area contributed by atoms with Crippen LogP contribution in [0.15, 0.2) is 79.4 Å². The summed E-state index contributed by atoms with van der Waals surface area (Å²) in [5.41, 5.74) is 1.76. The van der Waals surface area contributed by atoms with Gasteiger partial charge in [0.05, 0.1) is 12.7 Å². The lowest BCUT2D eigenvalue weighted by molar-refractivity contribution is -0.155. The molecule has 0 fully saturated rings. The molecule has 6 nitrogen and oxygen atoms in total. The van der Waals surface area contributed by atoms with Crippen molar-refractivity contribution in [3.8, 4) is 0 Å². The summed E-state index contributed by atoms with van der Waals surface area (Å²) in [6.45, 7) is 0.305. The van der Waals surface area contributed by atoms with Crippen molar-refractivity contribution in [1.29, 1.82) is 0 Å². The quantitative estimate of drug-likeness (QED) is 0.574. The van der Waals surface area contributed by atoms with E-state index in [1.165, 1.54) is 6.33 Å². The number of hydrogen-bond acceptors (Lipinski definition) is 5. The maximum absolute atomic E-state index is 12.5. The Morgan fingerprint density at radius 1 is 0.889 bits per heavy atom. The van der Waals surface area contributed by atoms with Gasteiger partial charge in [0.1, 0.15) is 19.3 Å². The van der Waals surface area contributed by atoms with Crippen LogP contribution in [0.3, 0.4) is 0 Å². The minimum Gasteiger partial charge on any atom is -0.461 e. The molecule has 1 aromatic heterocycles. The highest BCUT2D eigenvalue weighted by Gasteiger charge is 2.26. The molecule has 3 aromatic rings. The van der Waals surface area contributed by atoms with Crippen molar-refractivity contribution in [3.63, 3.8) is 0 Å². The largest absolute Gasteiger partial charge is 0.461 e. The van der Waals surface area contributed by atoms with Crippen LogP contribution in [-0.2, 0) is 32.3 Å². The lowest BCUT2D eigenvalue weighted by Crippen LogP contribution is -2.24. The Morgan fingerprint density at radius 3 is 2.04 bits per heavy atom. The number of carbonyl (C=O) groups excluding carboxylic acids is 2. The van der Waals surface area contributed by atoms with Gasteiger partial charge in [-0.1, -0.05) is 60.7 Å². The maximum Gasteiger partial charge on any atom is 0.330 e. The highest BCUT2D eigenvalue weighted by atomic mass is 16.5. The van der Waals surface area contributed by atoms with Crippen molar-refractivity contribution in [2.75, 3.05) is 0 Å². The molecule has 1 unspecified atom stereocenters. The van der Waals surface area contributed by atoms with Gasteiger partial charge in [-0.2, -0.15) is 0 Å². The van der Waals surface area contributed by atoms with Gasteiger partial charge in [-0.3, -0.25) is 4.79 Å². The monoisotopic (exact) mass is 364 g/mol. The minimum absolute atomic E-state index is 0.128. The van der Waals surface area contributed by atoms with Crippen LogP contribution in [0, 0.1) is 0 Å². The van der Waals surface area contributed by atoms with E-state index in [1.807, 2.05) is 60.7 Å². The van der Waals surface area contributed by atoms with Crippen molar-refractivity contribution < 1.29 is 19.1 Å². The molecule has 0 aliphatic heterocycles. The fourth-order valence-electron chi connectivity index (χ4n) is 2.54. The average Bonchev–Trinajstić information content (AvgIpc) is 3.25. The molecule has 3 rings (SSSR count). The van der Waals surface area contributed by atoms with Crippen molar-refractivity contribution in [3.05, 3.63) is 90.5 Å². The molecule has 1 atom stereocenters. The van der Waals surface area contributed by atoms with Crippen LogP contribution in [0.2, 0.25) is 0 Å². The van der Waals surface area contributed by atoms with Crippen LogP contribution in [0.1, 0.15) is 23.6 Å². The summed E-state index contributed by atoms with van der Waals surface area (Å²) in [6.07, 6.45) is 4.53. The fraction of sp³-hybridized carbons (Fsp3) is 0.190. The second-order valence-corrected chi connectivity index (χ2v) is 5.97. The minimum atomic E-state index is -0.820. The number of imidazole rings is 1. The number of aromatic nitrogens is 2. The molecule has 2 aromatic carbocycles. The molecule has 0 amide bonds. The van der Waals surface area contributed by atoms with Gasteiger partial charge in [0.15, 0.2) is 0 Å². The number of nitrogens with zero attached hydrogens (tertiary/aromatic N) is 2. The van der Waals surface area contributed by atoms with E-state index in [4.69, 9.17) is 9.47 Å². The van der Waals surface area contributed by atoms with Crippen molar-refractivity contribution in [2.45, 2.75) is 25.7 Å². The molecule has 0 saturated heterocycles. The molecule has 0 radical (unpaired) electrons. The zero-order valence-corrected chi connectivity index (χ0v) is 14.7. The van der Waals surface area contributed by atoms with E-state index in [1.54, 1.807) is 17.0 Å². The van der Waals surface area contributed by atoms with Gasteiger partial charge >= 0.3 is 11.9 Å². The number of carbonyl (C=O) groups is 2. The summed E-state index contributed by atoms with van der Waals surface area (Å²) in [4.78, 5) is 28.7. The highest BCUT2D eigenvalue weighted by Crippen LogP contribution is 2.16. The molecule has 138 valence electrons. The molecule has 0 saturated carbocycles. The van der Waals surface area contributed by atoms with Gasteiger partial charge < -0.3 is 14.0 Å². The highest BCUT2D eigenvalue weighted by molar-refractivity contribution is 5.81. The third-order valence-corrected chi connectivity index (χ3v) is 3.98. The fourth-order valence-corrected chi connectivity index (χ4v) is 2.54. The van der Waals surface area contributed by atoms with Gasteiger partial charge in [-0.15, -0.1) is 0 Å². The van der Waals surface area contributed by atoms with Crippen molar-refractivity contribution >= 4 is 11.9 Å². The molecular formula is C21H20N2O4. The lowest BCUT2D eigenvalue weighted by Gasteiger charge is -2.17. The van der Waals surface area contributed by atoms with E-state index in [0.29, 0.717) is 0 Å². The number of ether oxygens (including phenoxy) is 2. The van der Waals surface area contributed by atoms with E-state index in [-0.39, 0.29) is 19.6 Å². The molecule has 0 aliphatic carbocycles. The van der Waals surface area contributed by atoms with Crippen LogP contribution in [0.4, 0.5) is 0 Å². The second-order valence-electron chi connectivity index (χ2n) is 5.97. The van der Waals surface area contributed by atoms with Crippen LogP contribution in [0.5, 0.6) is 0 Å². The zero-order valence-electron chi connectivity index (χ0n) is 14.7. The Bertz CT molecular complexity index is 848. The van der Waals surface area contributed by atoms with E-state index in [2.05, 4.69) is 4.98 Å². The first-order chi connectivity index (χ1) is 13.2. The molecule has 0 bridgehead atoms. The van der Waals surface area contributed by atoms with Crippen LogP contribution in [-0.4, -0.2) is 21.5 Å². The first kappa shape index (κ1) is 18.4. The summed E-state index contributed by atoms with van der Waals surface area (Å²) in [6, 6.07) is 17.9. The third-order valence-electron chi connectivity index (χ3n) is 3.98. The summed E-state index contributed by atoms with van der Waals surface area (Å²) in [5, 5.41) is 0. The van der Waals surface area contributed by atoms with Crippen LogP contribution < -0.4 is 0 Å². The Kier molecular flexibility index (Phi) is 6.35. The van der Waals surface area contributed by atoms with Gasteiger partial charge in [0.25, 0.3) is 0 Å². The average molecular weight is 364 g/mol. The Balaban J connectivity index is 1.59. The number of hydrogen-bond donors (Lipinski definition) is 0. The van der Waals surface area contributed by atoms with Gasteiger partial charge in [0.2, 0.25) is 0 Å². The SMILES string of the molecule is O=C(CC(C(=O)OCc1ccccc1)n1ccnc1)OCc1ccccc1. The number of benzene rings is 2. The molecule has 0 spiro atoms. The normalized spacial score (nSPS) is 11.6. The van der Waals surface area contributed by atoms with E-state index in [9.17, 15) is 9.59 Å². The Hall–Kier alpha value is -3.41. The summed E-state index contributed by atoms with van der Waals surface area (Å²) >= 11 is 0. The smallest absolute Gasteiger partial charge is 0.330 e. The summed E-state index contributed by atoms with van der Waals surface area (Å²) in [5.74, 6) is -0.984. The molecule has 6 heteroatoms. The second kappa shape index (κ2) is 9.33. The van der Waals surface area contributed by atoms with Gasteiger partial charge in [-0.05, 0) is 11.1 Å².